The van der Waals surface area contributed by atoms with Crippen molar-refractivity contribution in [2.75, 3.05) is 13.2 Å². The van der Waals surface area contributed by atoms with E-state index in [2.05, 4.69) is 17.0 Å². The van der Waals surface area contributed by atoms with Crippen LogP contribution in [0.1, 0.15) is 18.9 Å². The Morgan fingerprint density at radius 2 is 2.05 bits per heavy atom. The van der Waals surface area contributed by atoms with Crippen LogP contribution in [0.15, 0.2) is 24.3 Å². The molecule has 20 heavy (non-hydrogen) atoms. The van der Waals surface area contributed by atoms with E-state index in [1.54, 1.807) is 12.1 Å². The molecule has 6 heteroatoms. The molecule has 1 N–H and O–H groups in total. The fraction of sp³-hybridized carbons (Fsp3) is 0.571. The summed E-state index contributed by atoms with van der Waals surface area (Å²) in [4.78, 5) is 0. The summed E-state index contributed by atoms with van der Waals surface area (Å²) in [5, 5.41) is 3.37. The smallest absolute Gasteiger partial charge is 0.406 e. The summed E-state index contributed by atoms with van der Waals surface area (Å²) in [5.74, 6) is 0.307. The zero-order chi connectivity index (χ0) is 14.6. The van der Waals surface area contributed by atoms with Crippen LogP contribution in [0.2, 0.25) is 0 Å². The van der Waals surface area contributed by atoms with E-state index in [9.17, 15) is 13.2 Å². The molecule has 1 aliphatic heterocycles. The quantitative estimate of drug-likeness (QED) is 0.903. The van der Waals surface area contributed by atoms with Crippen LogP contribution in [0, 0.1) is 5.92 Å². The molecule has 1 aliphatic rings. The minimum Gasteiger partial charge on any atom is -0.406 e. The van der Waals surface area contributed by atoms with Crippen LogP contribution in [-0.2, 0) is 11.3 Å². The van der Waals surface area contributed by atoms with Crippen molar-refractivity contribution in [2.45, 2.75) is 32.3 Å². The van der Waals surface area contributed by atoms with Gasteiger partial charge in [-0.3, -0.25) is 0 Å². The maximum Gasteiger partial charge on any atom is 0.573 e. The maximum atomic E-state index is 12.0. The Morgan fingerprint density at radius 1 is 1.35 bits per heavy atom. The van der Waals surface area contributed by atoms with Crippen LogP contribution < -0.4 is 10.1 Å². The van der Waals surface area contributed by atoms with E-state index in [1.165, 1.54) is 12.1 Å². The molecule has 2 atom stereocenters. The zero-order valence-corrected chi connectivity index (χ0v) is 11.2. The number of alkyl halides is 3. The van der Waals surface area contributed by atoms with Crippen molar-refractivity contribution in [3.05, 3.63) is 29.8 Å². The first kappa shape index (κ1) is 15.1. The lowest BCUT2D eigenvalue weighted by atomic mass is 10.0. The first-order chi connectivity index (χ1) is 9.44. The summed E-state index contributed by atoms with van der Waals surface area (Å²) in [7, 11) is 0. The molecule has 0 aromatic heterocycles. The van der Waals surface area contributed by atoms with Crippen molar-refractivity contribution in [3.8, 4) is 5.75 Å². The number of ether oxygens (including phenoxy) is 2. The Kier molecular flexibility index (Phi) is 4.88. The van der Waals surface area contributed by atoms with E-state index >= 15 is 0 Å². The number of benzene rings is 1. The van der Waals surface area contributed by atoms with Crippen molar-refractivity contribution in [3.63, 3.8) is 0 Å². The monoisotopic (exact) mass is 289 g/mol. The van der Waals surface area contributed by atoms with Crippen molar-refractivity contribution in [1.29, 1.82) is 0 Å². The van der Waals surface area contributed by atoms with Crippen molar-refractivity contribution in [2.24, 2.45) is 5.92 Å². The Morgan fingerprint density at radius 3 is 2.60 bits per heavy atom. The van der Waals surface area contributed by atoms with Gasteiger partial charge in [0.1, 0.15) is 5.75 Å². The summed E-state index contributed by atoms with van der Waals surface area (Å²) in [5.41, 5.74) is 0.922. The van der Waals surface area contributed by atoms with E-state index in [-0.39, 0.29) is 5.75 Å². The highest BCUT2D eigenvalue weighted by molar-refractivity contribution is 5.27. The summed E-state index contributed by atoms with van der Waals surface area (Å²) >= 11 is 0. The molecular weight excluding hydrogens is 271 g/mol. The van der Waals surface area contributed by atoms with Gasteiger partial charge in [0.25, 0.3) is 0 Å². The minimum absolute atomic E-state index is 0.196. The van der Waals surface area contributed by atoms with Gasteiger partial charge in [0, 0.05) is 19.2 Å². The second kappa shape index (κ2) is 6.45. The largest absolute Gasteiger partial charge is 0.573 e. The summed E-state index contributed by atoms with van der Waals surface area (Å²) in [6, 6.07) is 6.24. The number of hydrogen-bond acceptors (Lipinski definition) is 3. The minimum atomic E-state index is -4.64. The van der Waals surface area contributed by atoms with Gasteiger partial charge in [0.2, 0.25) is 0 Å². The van der Waals surface area contributed by atoms with Gasteiger partial charge < -0.3 is 14.8 Å². The van der Waals surface area contributed by atoms with Gasteiger partial charge in [0.15, 0.2) is 0 Å². The molecule has 0 saturated carbocycles. The van der Waals surface area contributed by atoms with E-state index < -0.39 is 6.36 Å². The average Bonchev–Trinajstić information content (AvgIpc) is 2.89. The van der Waals surface area contributed by atoms with Crippen LogP contribution in [-0.4, -0.2) is 25.6 Å². The highest BCUT2D eigenvalue weighted by Gasteiger charge is 2.30. The number of nitrogens with one attached hydrogen (secondary N) is 1. The van der Waals surface area contributed by atoms with Gasteiger partial charge in [0.05, 0.1) is 6.61 Å². The Bertz CT molecular complexity index is 413. The molecule has 0 bridgehead atoms. The molecule has 2 rings (SSSR count). The number of hydrogen-bond donors (Lipinski definition) is 1. The van der Waals surface area contributed by atoms with Crippen LogP contribution in [0.25, 0.3) is 0 Å². The Hall–Kier alpha value is -1.27. The molecule has 1 fully saturated rings. The van der Waals surface area contributed by atoms with Crippen molar-refractivity contribution in [1.82, 2.24) is 5.32 Å². The lowest BCUT2D eigenvalue weighted by Crippen LogP contribution is -2.33. The number of halogens is 3. The molecule has 2 unspecified atom stereocenters. The van der Waals surface area contributed by atoms with Crippen LogP contribution >= 0.6 is 0 Å². The predicted octanol–water partition coefficient (Wildman–Crippen LogP) is 3.10. The van der Waals surface area contributed by atoms with Crippen molar-refractivity contribution < 1.29 is 22.6 Å². The van der Waals surface area contributed by atoms with Crippen LogP contribution in [0.4, 0.5) is 13.2 Å². The third-order valence-electron chi connectivity index (χ3n) is 3.46. The molecule has 1 aromatic rings. The van der Waals surface area contributed by atoms with Gasteiger partial charge in [-0.1, -0.05) is 12.1 Å². The Balaban J connectivity index is 1.81. The first-order valence-electron chi connectivity index (χ1n) is 6.60. The molecule has 0 radical (unpaired) electrons. The van der Waals surface area contributed by atoms with E-state index in [1.807, 2.05) is 0 Å². The second-order valence-corrected chi connectivity index (χ2v) is 4.98. The molecule has 112 valence electrons. The lowest BCUT2D eigenvalue weighted by Gasteiger charge is -2.19. The molecule has 0 spiro atoms. The molecule has 0 amide bonds. The zero-order valence-electron chi connectivity index (χ0n) is 11.2. The normalized spacial score (nSPS) is 20.9. The molecule has 1 saturated heterocycles. The van der Waals surface area contributed by atoms with Crippen LogP contribution in [0.5, 0.6) is 5.75 Å². The second-order valence-electron chi connectivity index (χ2n) is 4.98. The van der Waals surface area contributed by atoms with E-state index in [4.69, 9.17) is 4.74 Å². The fourth-order valence-corrected chi connectivity index (χ4v) is 2.20. The highest BCUT2D eigenvalue weighted by atomic mass is 19.4. The third kappa shape index (κ3) is 4.68. The summed E-state index contributed by atoms with van der Waals surface area (Å²) in [6.45, 7) is 4.29. The number of rotatable bonds is 5. The average molecular weight is 289 g/mol. The van der Waals surface area contributed by atoms with Gasteiger partial charge in [-0.25, -0.2) is 0 Å². The first-order valence-corrected chi connectivity index (χ1v) is 6.60. The predicted molar refractivity (Wildman–Crippen MR) is 68.4 cm³/mol. The summed E-state index contributed by atoms with van der Waals surface area (Å²) in [6.07, 6.45) is -3.59. The van der Waals surface area contributed by atoms with Gasteiger partial charge >= 0.3 is 6.36 Å². The highest BCUT2D eigenvalue weighted by Crippen LogP contribution is 2.23. The molecule has 1 aromatic carbocycles. The van der Waals surface area contributed by atoms with E-state index in [0.29, 0.717) is 18.5 Å². The molecular formula is C14H18F3NO2. The van der Waals surface area contributed by atoms with Crippen LogP contribution in [0.3, 0.4) is 0 Å². The van der Waals surface area contributed by atoms with Gasteiger partial charge in [-0.15, -0.1) is 13.2 Å². The van der Waals surface area contributed by atoms with E-state index in [0.717, 1.165) is 25.2 Å². The maximum absolute atomic E-state index is 12.0. The van der Waals surface area contributed by atoms with Gasteiger partial charge in [-0.05, 0) is 37.0 Å². The van der Waals surface area contributed by atoms with Gasteiger partial charge in [-0.2, -0.15) is 0 Å². The molecule has 3 nitrogen and oxygen atoms in total. The third-order valence-corrected chi connectivity index (χ3v) is 3.46. The molecule has 1 heterocycles. The Labute approximate surface area is 116 Å². The standard InChI is InChI=1S/C14H18F3NO2/c1-10(12-6-7-19-9-12)18-8-11-2-4-13(5-3-11)20-14(15,16)17/h2-5,10,12,18H,6-9H2,1H3. The fourth-order valence-electron chi connectivity index (χ4n) is 2.20. The molecule has 0 aliphatic carbocycles. The summed E-state index contributed by atoms with van der Waals surface area (Å²) < 4.78 is 45.2. The SMILES string of the molecule is CC(NCc1ccc(OC(F)(F)F)cc1)C1CCOC1. The topological polar surface area (TPSA) is 30.5 Å². The lowest BCUT2D eigenvalue weighted by molar-refractivity contribution is -0.274. The van der Waals surface area contributed by atoms with Crippen molar-refractivity contribution >= 4 is 0 Å².